The van der Waals surface area contributed by atoms with Gasteiger partial charge in [-0.2, -0.15) is 0 Å². The molecular formula is C18H26N6O2. The first-order valence-corrected chi connectivity index (χ1v) is 8.29. The fourth-order valence-corrected chi connectivity index (χ4v) is 2.48. The standard InChI is InChI=1S/C18H26N6O2/c1-4-21-16(12-19)17(11-14(2)23-7-9-26-10-8-23)24(20)15-5-6-18(25-3)22-13-15/h4-6,11-13H,2,7-10,19-20H2,1,3H3/b16-12-,17-11+,21-4?. The minimum Gasteiger partial charge on any atom is -0.481 e. The Morgan fingerprint density at radius 1 is 1.42 bits per heavy atom. The van der Waals surface area contributed by atoms with Gasteiger partial charge in [0, 0.05) is 37.3 Å². The van der Waals surface area contributed by atoms with Gasteiger partial charge < -0.3 is 20.1 Å². The highest BCUT2D eigenvalue weighted by Crippen LogP contribution is 2.24. The van der Waals surface area contributed by atoms with Crippen LogP contribution in [-0.2, 0) is 4.74 Å². The van der Waals surface area contributed by atoms with Crippen LogP contribution in [0, 0.1) is 0 Å². The van der Waals surface area contributed by atoms with Crippen molar-refractivity contribution in [3.05, 3.63) is 54.3 Å². The third-order valence-electron chi connectivity index (χ3n) is 3.88. The molecule has 1 aliphatic heterocycles. The maximum absolute atomic E-state index is 6.34. The topological polar surface area (TPSA) is 102 Å². The Balaban J connectivity index is 2.35. The number of anilines is 1. The Hall–Kier alpha value is -2.84. The number of aromatic nitrogens is 1. The molecule has 0 unspecified atom stereocenters. The third-order valence-corrected chi connectivity index (χ3v) is 3.88. The van der Waals surface area contributed by atoms with Crippen molar-refractivity contribution >= 4 is 11.9 Å². The van der Waals surface area contributed by atoms with Gasteiger partial charge in [-0.1, -0.05) is 6.58 Å². The third kappa shape index (κ3) is 4.84. The summed E-state index contributed by atoms with van der Waals surface area (Å²) in [5.41, 5.74) is 8.39. The summed E-state index contributed by atoms with van der Waals surface area (Å²) < 4.78 is 10.5. The zero-order valence-corrected chi connectivity index (χ0v) is 15.3. The second kappa shape index (κ2) is 9.59. The summed E-state index contributed by atoms with van der Waals surface area (Å²) in [4.78, 5) is 10.6. The number of hydrogen-bond donors (Lipinski definition) is 2. The minimum absolute atomic E-state index is 0.506. The van der Waals surface area contributed by atoms with Crippen molar-refractivity contribution in [3.8, 4) is 5.88 Å². The van der Waals surface area contributed by atoms with Crippen LogP contribution in [-0.4, -0.2) is 49.5 Å². The molecule has 26 heavy (non-hydrogen) atoms. The SMILES string of the molecule is C=C(/C=C(\C(=C\N)N=CC)N(N)c1ccc(OC)nc1)N1CCOCC1. The molecular weight excluding hydrogens is 332 g/mol. The first kappa shape index (κ1) is 19.5. The maximum Gasteiger partial charge on any atom is 0.213 e. The lowest BCUT2D eigenvalue weighted by Crippen LogP contribution is -2.36. The summed E-state index contributed by atoms with van der Waals surface area (Å²) in [6.45, 7) is 8.86. The molecule has 0 aliphatic carbocycles. The molecule has 0 spiro atoms. The quantitative estimate of drug-likeness (QED) is 0.329. The molecule has 1 aromatic heterocycles. The predicted molar refractivity (Wildman–Crippen MR) is 104 cm³/mol. The predicted octanol–water partition coefficient (Wildman–Crippen LogP) is 1.39. The number of pyridine rings is 1. The van der Waals surface area contributed by atoms with Crippen molar-refractivity contribution in [1.29, 1.82) is 0 Å². The summed E-state index contributed by atoms with van der Waals surface area (Å²) in [6, 6.07) is 3.54. The van der Waals surface area contributed by atoms with E-state index in [-0.39, 0.29) is 0 Å². The van der Waals surface area contributed by atoms with Crippen LogP contribution < -0.4 is 21.3 Å². The lowest BCUT2D eigenvalue weighted by Gasteiger charge is -2.30. The molecule has 2 rings (SSSR count). The fraction of sp³-hybridized carbons (Fsp3) is 0.333. The largest absolute Gasteiger partial charge is 0.481 e. The van der Waals surface area contributed by atoms with Crippen LogP contribution in [0.4, 0.5) is 5.69 Å². The number of nitrogens with zero attached hydrogens (tertiary/aromatic N) is 4. The first-order valence-electron chi connectivity index (χ1n) is 8.29. The molecule has 2 heterocycles. The Kier molecular flexibility index (Phi) is 7.19. The van der Waals surface area contributed by atoms with E-state index in [1.54, 1.807) is 31.7 Å². The van der Waals surface area contributed by atoms with Crippen molar-refractivity contribution in [2.24, 2.45) is 16.6 Å². The van der Waals surface area contributed by atoms with E-state index < -0.39 is 0 Å². The van der Waals surface area contributed by atoms with E-state index in [4.69, 9.17) is 21.1 Å². The van der Waals surface area contributed by atoms with E-state index in [0.717, 1.165) is 18.8 Å². The first-order chi connectivity index (χ1) is 12.6. The highest BCUT2D eigenvalue weighted by atomic mass is 16.5. The summed E-state index contributed by atoms with van der Waals surface area (Å²) >= 11 is 0. The Morgan fingerprint density at radius 2 is 2.15 bits per heavy atom. The van der Waals surface area contributed by atoms with Crippen molar-refractivity contribution in [2.45, 2.75) is 6.92 Å². The number of nitrogens with two attached hydrogens (primary N) is 2. The van der Waals surface area contributed by atoms with Crippen molar-refractivity contribution in [3.63, 3.8) is 0 Å². The zero-order valence-electron chi connectivity index (χ0n) is 15.3. The van der Waals surface area contributed by atoms with E-state index in [9.17, 15) is 0 Å². The van der Waals surface area contributed by atoms with Crippen LogP contribution in [0.5, 0.6) is 5.88 Å². The molecule has 0 saturated carbocycles. The summed E-state index contributed by atoms with van der Waals surface area (Å²) in [5.74, 6) is 6.85. The summed E-state index contributed by atoms with van der Waals surface area (Å²) in [7, 11) is 1.56. The average molecular weight is 358 g/mol. The molecule has 0 bridgehead atoms. The van der Waals surface area contributed by atoms with E-state index in [1.165, 1.54) is 11.2 Å². The van der Waals surface area contributed by atoms with Gasteiger partial charge in [-0.3, -0.25) is 10.0 Å². The van der Waals surface area contributed by atoms with Crippen LogP contribution in [0.15, 0.2) is 59.3 Å². The van der Waals surface area contributed by atoms with Crippen LogP contribution in [0.2, 0.25) is 0 Å². The van der Waals surface area contributed by atoms with Gasteiger partial charge in [-0.05, 0) is 19.1 Å². The number of hydrogen-bond acceptors (Lipinski definition) is 8. The van der Waals surface area contributed by atoms with Crippen LogP contribution in [0.3, 0.4) is 0 Å². The van der Waals surface area contributed by atoms with Crippen molar-refractivity contribution in [2.75, 3.05) is 38.4 Å². The minimum atomic E-state index is 0.506. The van der Waals surface area contributed by atoms with Crippen LogP contribution >= 0.6 is 0 Å². The summed E-state index contributed by atoms with van der Waals surface area (Å²) in [5, 5.41) is 1.48. The molecule has 0 amide bonds. The molecule has 0 radical (unpaired) electrons. The maximum atomic E-state index is 6.34. The van der Waals surface area contributed by atoms with Gasteiger partial charge in [-0.15, -0.1) is 0 Å². The number of morpholine rings is 1. The van der Waals surface area contributed by atoms with Gasteiger partial charge in [0.2, 0.25) is 5.88 Å². The molecule has 1 aliphatic rings. The molecule has 0 aromatic carbocycles. The van der Waals surface area contributed by atoms with Crippen molar-refractivity contribution < 1.29 is 9.47 Å². The highest BCUT2D eigenvalue weighted by molar-refractivity contribution is 5.61. The molecule has 8 heteroatoms. The van der Waals surface area contributed by atoms with Crippen molar-refractivity contribution in [1.82, 2.24) is 9.88 Å². The second-order valence-electron chi connectivity index (χ2n) is 5.49. The van der Waals surface area contributed by atoms with Gasteiger partial charge in [0.05, 0.1) is 37.9 Å². The number of rotatable bonds is 7. The number of methoxy groups -OCH3 is 1. The van der Waals surface area contributed by atoms with Gasteiger partial charge in [0.15, 0.2) is 0 Å². The molecule has 1 saturated heterocycles. The Bertz CT molecular complexity index is 690. The van der Waals surface area contributed by atoms with Gasteiger partial charge >= 0.3 is 0 Å². The second-order valence-corrected chi connectivity index (χ2v) is 5.49. The number of hydrazine groups is 1. The monoisotopic (exact) mass is 358 g/mol. The summed E-state index contributed by atoms with van der Waals surface area (Å²) in [6.07, 6.45) is 6.55. The van der Waals surface area contributed by atoms with E-state index in [2.05, 4.69) is 21.5 Å². The smallest absolute Gasteiger partial charge is 0.213 e. The number of allylic oxidation sites excluding steroid dienone is 1. The highest BCUT2D eigenvalue weighted by Gasteiger charge is 2.17. The zero-order chi connectivity index (χ0) is 18.9. The number of aliphatic imine (C=N–C) groups is 1. The molecule has 1 aromatic rings. The fourth-order valence-electron chi connectivity index (χ4n) is 2.48. The average Bonchev–Trinajstić information content (AvgIpc) is 2.70. The lowest BCUT2D eigenvalue weighted by atomic mass is 10.2. The van der Waals surface area contributed by atoms with Gasteiger partial charge in [-0.25, -0.2) is 10.8 Å². The van der Waals surface area contributed by atoms with Gasteiger partial charge in [0.25, 0.3) is 0 Å². The molecule has 140 valence electrons. The number of ether oxygens (including phenoxy) is 2. The lowest BCUT2D eigenvalue weighted by molar-refractivity contribution is 0.0556. The van der Waals surface area contributed by atoms with Gasteiger partial charge in [0.1, 0.15) is 5.70 Å². The van der Waals surface area contributed by atoms with Crippen LogP contribution in [0.25, 0.3) is 0 Å². The Morgan fingerprint density at radius 3 is 2.69 bits per heavy atom. The normalized spacial score (nSPS) is 16.0. The van der Waals surface area contributed by atoms with Crippen LogP contribution in [0.1, 0.15) is 6.92 Å². The molecule has 8 nitrogen and oxygen atoms in total. The van der Waals surface area contributed by atoms with E-state index in [1.807, 2.05) is 13.0 Å². The van der Waals surface area contributed by atoms with E-state index in [0.29, 0.717) is 36.2 Å². The Labute approximate surface area is 154 Å². The molecule has 0 atom stereocenters. The van der Waals surface area contributed by atoms with E-state index >= 15 is 0 Å². The molecule has 4 N–H and O–H groups in total. The molecule has 1 fully saturated rings.